The summed E-state index contributed by atoms with van der Waals surface area (Å²) < 4.78 is 0. The maximum atomic E-state index is 5.43. The van der Waals surface area contributed by atoms with E-state index >= 15 is 0 Å². The fourth-order valence-corrected chi connectivity index (χ4v) is 3.82. The van der Waals surface area contributed by atoms with Crippen LogP contribution < -0.4 is 4.90 Å². The van der Waals surface area contributed by atoms with Crippen LogP contribution in [0.5, 0.6) is 0 Å². The number of rotatable bonds is 5. The number of hydrogen-bond acceptors (Lipinski definition) is 7. The van der Waals surface area contributed by atoms with E-state index in [1.54, 1.807) is 17.5 Å². The summed E-state index contributed by atoms with van der Waals surface area (Å²) in [5, 5.41) is 5.28. The van der Waals surface area contributed by atoms with E-state index in [2.05, 4.69) is 40.1 Å². The van der Waals surface area contributed by atoms with Crippen molar-refractivity contribution >= 4 is 22.7 Å². The predicted molar refractivity (Wildman–Crippen MR) is 109 cm³/mol. The number of fused-ring (bicyclic) bond motifs is 1. The Bertz CT molecular complexity index is 954. The molecule has 1 aliphatic heterocycles. The molecule has 4 heterocycles. The van der Waals surface area contributed by atoms with Gasteiger partial charge >= 0.3 is 0 Å². The van der Waals surface area contributed by atoms with Crippen molar-refractivity contribution in [2.75, 3.05) is 25.1 Å². The number of nitrogens with zero attached hydrogens (tertiary/aromatic N) is 5. The van der Waals surface area contributed by atoms with Crippen molar-refractivity contribution in [2.45, 2.75) is 19.8 Å². The minimum atomic E-state index is 0.623. The van der Waals surface area contributed by atoms with Gasteiger partial charge in [0.1, 0.15) is 23.0 Å². The van der Waals surface area contributed by atoms with Gasteiger partial charge in [-0.25, -0.2) is 9.97 Å². The summed E-state index contributed by atoms with van der Waals surface area (Å²) in [5.74, 6) is 0. The van der Waals surface area contributed by atoms with Crippen LogP contribution in [0, 0.1) is 0 Å². The van der Waals surface area contributed by atoms with Crippen molar-refractivity contribution in [2.24, 2.45) is 5.16 Å². The normalized spacial score (nSPS) is 15.0. The highest BCUT2D eigenvalue weighted by Gasteiger charge is 2.22. The van der Waals surface area contributed by atoms with Gasteiger partial charge in [0, 0.05) is 44.2 Å². The van der Waals surface area contributed by atoms with E-state index < -0.39 is 0 Å². The molecule has 6 nitrogen and oxygen atoms in total. The fraction of sp³-hybridized carbons (Fsp3) is 0.300. The molecule has 1 aliphatic rings. The molecule has 138 valence electrons. The summed E-state index contributed by atoms with van der Waals surface area (Å²) >= 11 is 1.61. The molecule has 0 spiro atoms. The van der Waals surface area contributed by atoms with Crippen LogP contribution in [-0.2, 0) is 4.84 Å². The van der Waals surface area contributed by atoms with Crippen molar-refractivity contribution < 1.29 is 4.84 Å². The molecule has 0 bridgehead atoms. The van der Waals surface area contributed by atoms with Crippen molar-refractivity contribution in [3.05, 3.63) is 48.5 Å². The van der Waals surface area contributed by atoms with Gasteiger partial charge in [0.2, 0.25) is 0 Å². The molecule has 0 radical (unpaired) electrons. The highest BCUT2D eigenvalue weighted by molar-refractivity contribution is 7.18. The number of oxime groups is 1. The molecule has 0 fully saturated rings. The van der Waals surface area contributed by atoms with Crippen molar-refractivity contribution in [3.63, 3.8) is 0 Å². The number of anilines is 1. The van der Waals surface area contributed by atoms with E-state index in [0.717, 1.165) is 57.6 Å². The highest BCUT2D eigenvalue weighted by atomic mass is 32.1. The first-order valence-corrected chi connectivity index (χ1v) is 9.86. The molecule has 0 unspecified atom stereocenters. The van der Waals surface area contributed by atoms with Gasteiger partial charge in [-0.15, -0.1) is 11.3 Å². The number of thiazole rings is 1. The van der Waals surface area contributed by atoms with Gasteiger partial charge in [-0.05, 0) is 30.7 Å². The first kappa shape index (κ1) is 17.6. The molecule has 0 atom stereocenters. The lowest BCUT2D eigenvalue weighted by Crippen LogP contribution is -2.29. The average Bonchev–Trinajstić information content (AvgIpc) is 3.21. The summed E-state index contributed by atoms with van der Waals surface area (Å²) in [6.07, 6.45) is 7.23. The second-order valence-corrected chi connectivity index (χ2v) is 7.41. The average molecular weight is 379 g/mol. The molecule has 7 heteroatoms. The van der Waals surface area contributed by atoms with Crippen LogP contribution in [0.25, 0.3) is 21.1 Å². The lowest BCUT2D eigenvalue weighted by Gasteiger charge is -2.27. The molecule has 4 rings (SSSR count). The Labute approximate surface area is 162 Å². The van der Waals surface area contributed by atoms with Gasteiger partial charge in [-0.2, -0.15) is 0 Å². The van der Waals surface area contributed by atoms with Crippen LogP contribution >= 0.6 is 11.3 Å². The summed E-state index contributed by atoms with van der Waals surface area (Å²) in [7, 11) is 2.08. The molecule has 3 aromatic rings. The summed E-state index contributed by atoms with van der Waals surface area (Å²) in [4.78, 5) is 22.3. The second kappa shape index (κ2) is 7.84. The van der Waals surface area contributed by atoms with Crippen LogP contribution in [0.4, 0.5) is 5.69 Å². The zero-order valence-electron chi connectivity index (χ0n) is 15.4. The third-order valence-corrected chi connectivity index (χ3v) is 5.45. The fourth-order valence-electron chi connectivity index (χ4n) is 2.94. The predicted octanol–water partition coefficient (Wildman–Crippen LogP) is 4.24. The first-order valence-electron chi connectivity index (χ1n) is 9.04. The Hall–Kier alpha value is -2.80. The standard InChI is InChI=1S/C20H21N5OS/c1-3-11-26-24-16-8-10-25(2)17-7-6-15(23-19(16)17)18-13-22-20(27-18)14-5-4-9-21-12-14/h4-7,9,12-13H,3,8,10-11H2,1-2H3. The van der Waals surface area contributed by atoms with Crippen LogP contribution in [0.3, 0.4) is 0 Å². The third kappa shape index (κ3) is 3.68. The van der Waals surface area contributed by atoms with Crippen molar-refractivity contribution in [1.29, 1.82) is 0 Å². The maximum absolute atomic E-state index is 5.43. The van der Waals surface area contributed by atoms with E-state index in [4.69, 9.17) is 9.82 Å². The van der Waals surface area contributed by atoms with E-state index in [9.17, 15) is 0 Å². The molecule has 0 aliphatic carbocycles. The lowest BCUT2D eigenvalue weighted by atomic mass is 10.1. The minimum absolute atomic E-state index is 0.623. The molecule has 0 N–H and O–H groups in total. The zero-order valence-corrected chi connectivity index (χ0v) is 16.2. The highest BCUT2D eigenvalue weighted by Crippen LogP contribution is 2.33. The summed E-state index contributed by atoms with van der Waals surface area (Å²) in [6.45, 7) is 3.61. The second-order valence-electron chi connectivity index (χ2n) is 6.38. The van der Waals surface area contributed by atoms with Crippen molar-refractivity contribution in [1.82, 2.24) is 15.0 Å². The first-order chi connectivity index (χ1) is 13.3. The topological polar surface area (TPSA) is 63.5 Å². The molecule has 3 aromatic heterocycles. The van der Waals surface area contributed by atoms with Gasteiger partial charge in [0.15, 0.2) is 0 Å². The zero-order chi connectivity index (χ0) is 18.6. The molecule has 0 saturated heterocycles. The summed E-state index contributed by atoms with van der Waals surface area (Å²) in [6, 6.07) is 8.09. The lowest BCUT2D eigenvalue weighted by molar-refractivity contribution is 0.144. The Balaban J connectivity index is 1.68. The number of aromatic nitrogens is 3. The molecular formula is C20H21N5OS. The van der Waals surface area contributed by atoms with Gasteiger partial charge in [-0.3, -0.25) is 4.98 Å². The minimum Gasteiger partial charge on any atom is -0.396 e. The van der Waals surface area contributed by atoms with Crippen LogP contribution in [0.2, 0.25) is 0 Å². The van der Waals surface area contributed by atoms with E-state index in [1.165, 1.54) is 0 Å². The van der Waals surface area contributed by atoms with Gasteiger partial charge in [-0.1, -0.05) is 12.1 Å². The maximum Gasteiger partial charge on any atom is 0.125 e. The largest absolute Gasteiger partial charge is 0.396 e. The molecular weight excluding hydrogens is 358 g/mol. The third-order valence-electron chi connectivity index (χ3n) is 4.38. The Morgan fingerprint density at radius 2 is 2.19 bits per heavy atom. The van der Waals surface area contributed by atoms with Gasteiger partial charge < -0.3 is 9.74 Å². The van der Waals surface area contributed by atoms with E-state index in [-0.39, 0.29) is 0 Å². The molecule has 27 heavy (non-hydrogen) atoms. The van der Waals surface area contributed by atoms with Gasteiger partial charge in [0.05, 0.1) is 16.3 Å². The van der Waals surface area contributed by atoms with Crippen LogP contribution in [0.1, 0.15) is 25.5 Å². The monoisotopic (exact) mass is 379 g/mol. The molecule has 0 saturated carbocycles. The van der Waals surface area contributed by atoms with E-state index in [0.29, 0.717) is 6.61 Å². The molecule has 0 amide bonds. The van der Waals surface area contributed by atoms with Crippen molar-refractivity contribution in [3.8, 4) is 21.1 Å². The Kier molecular flexibility index (Phi) is 5.11. The Morgan fingerprint density at radius 1 is 1.26 bits per heavy atom. The summed E-state index contributed by atoms with van der Waals surface area (Å²) in [5.41, 5.74) is 4.81. The molecule has 0 aromatic carbocycles. The number of pyridine rings is 2. The number of hydrogen-bond donors (Lipinski definition) is 0. The van der Waals surface area contributed by atoms with E-state index in [1.807, 2.05) is 30.6 Å². The van der Waals surface area contributed by atoms with Gasteiger partial charge in [0.25, 0.3) is 0 Å². The Morgan fingerprint density at radius 3 is 3.00 bits per heavy atom. The quantitative estimate of drug-likeness (QED) is 0.490. The SMILES string of the molecule is CCCON=C1CCN(C)c2ccc(-c3cnc(-c4cccnc4)s3)nc21. The smallest absolute Gasteiger partial charge is 0.125 e. The van der Waals surface area contributed by atoms with Crippen LogP contribution in [0.15, 0.2) is 48.0 Å². The van der Waals surface area contributed by atoms with Crippen LogP contribution in [-0.4, -0.2) is 40.9 Å².